The number of fused-ring (bicyclic) bond motifs is 2. The number of benzene rings is 2. The molecular weight excluding hydrogens is 392 g/mol. The molecule has 2 heterocycles. The average Bonchev–Trinajstić information content (AvgIpc) is 3.08. The van der Waals surface area contributed by atoms with E-state index in [9.17, 15) is 4.79 Å². The second kappa shape index (κ2) is 6.64. The van der Waals surface area contributed by atoms with Crippen molar-refractivity contribution in [1.82, 2.24) is 5.43 Å². The molecule has 7 nitrogen and oxygen atoms in total. The van der Waals surface area contributed by atoms with Crippen molar-refractivity contribution < 1.29 is 23.7 Å². The Morgan fingerprint density at radius 2 is 1.88 bits per heavy atom. The van der Waals surface area contributed by atoms with E-state index in [-0.39, 0.29) is 19.3 Å². The lowest BCUT2D eigenvalue weighted by atomic mass is 10.2. The highest BCUT2D eigenvalue weighted by atomic mass is 79.9. The fourth-order valence-corrected chi connectivity index (χ4v) is 2.84. The molecule has 1 N–H and O–H groups in total. The number of rotatable bonds is 3. The molecule has 2 aromatic carbocycles. The molecule has 0 unspecified atom stereocenters. The van der Waals surface area contributed by atoms with Crippen LogP contribution in [0.25, 0.3) is 0 Å². The highest BCUT2D eigenvalue weighted by Gasteiger charge is 2.27. The average molecular weight is 405 g/mol. The number of ether oxygens (including phenoxy) is 4. The van der Waals surface area contributed by atoms with Gasteiger partial charge in [-0.2, -0.15) is 5.10 Å². The Balaban J connectivity index is 1.40. The number of halogens is 1. The Morgan fingerprint density at radius 1 is 1.12 bits per heavy atom. The minimum absolute atomic E-state index is 0.131. The van der Waals surface area contributed by atoms with Crippen LogP contribution in [0.5, 0.6) is 23.0 Å². The highest BCUT2D eigenvalue weighted by molar-refractivity contribution is 9.10. The van der Waals surface area contributed by atoms with Crippen LogP contribution in [0.4, 0.5) is 0 Å². The summed E-state index contributed by atoms with van der Waals surface area (Å²) in [5, 5.41) is 3.97. The molecule has 2 aromatic rings. The zero-order valence-corrected chi connectivity index (χ0v) is 14.5. The first-order chi connectivity index (χ1) is 12.2. The van der Waals surface area contributed by atoms with E-state index in [2.05, 4.69) is 26.5 Å². The minimum atomic E-state index is -0.757. The van der Waals surface area contributed by atoms with Gasteiger partial charge < -0.3 is 18.9 Å². The summed E-state index contributed by atoms with van der Waals surface area (Å²) in [7, 11) is 0. The van der Waals surface area contributed by atoms with Gasteiger partial charge in [0.2, 0.25) is 12.9 Å². The van der Waals surface area contributed by atoms with Crippen LogP contribution >= 0.6 is 15.9 Å². The van der Waals surface area contributed by atoms with Gasteiger partial charge in [0.15, 0.2) is 23.0 Å². The van der Waals surface area contributed by atoms with Crippen molar-refractivity contribution in [2.45, 2.75) is 6.10 Å². The van der Waals surface area contributed by atoms with Gasteiger partial charge in [-0.15, -0.1) is 0 Å². The predicted molar refractivity (Wildman–Crippen MR) is 92.4 cm³/mol. The summed E-state index contributed by atoms with van der Waals surface area (Å²) in [5.74, 6) is 2.08. The van der Waals surface area contributed by atoms with Crippen LogP contribution in [0.15, 0.2) is 46.0 Å². The van der Waals surface area contributed by atoms with Gasteiger partial charge in [-0.1, -0.05) is 12.1 Å². The first-order valence-electron chi connectivity index (χ1n) is 7.51. The monoisotopic (exact) mass is 404 g/mol. The molecule has 1 atom stereocenters. The largest absolute Gasteiger partial charge is 0.485 e. The highest BCUT2D eigenvalue weighted by Crippen LogP contribution is 2.36. The van der Waals surface area contributed by atoms with E-state index in [1.807, 2.05) is 12.1 Å². The van der Waals surface area contributed by atoms with E-state index in [0.717, 1.165) is 10.0 Å². The Labute approximate surface area is 151 Å². The number of hydrazone groups is 1. The van der Waals surface area contributed by atoms with Crippen molar-refractivity contribution in [3.8, 4) is 23.0 Å². The summed E-state index contributed by atoms with van der Waals surface area (Å²) in [6.07, 6.45) is 0.758. The molecule has 4 rings (SSSR count). The van der Waals surface area contributed by atoms with E-state index in [0.29, 0.717) is 23.0 Å². The quantitative estimate of drug-likeness (QED) is 0.627. The smallest absolute Gasteiger partial charge is 0.284 e. The minimum Gasteiger partial charge on any atom is -0.485 e. The van der Waals surface area contributed by atoms with E-state index in [1.54, 1.807) is 24.3 Å². The third kappa shape index (κ3) is 3.25. The van der Waals surface area contributed by atoms with Crippen LogP contribution in [0, 0.1) is 0 Å². The van der Waals surface area contributed by atoms with Crippen LogP contribution in [-0.2, 0) is 4.79 Å². The van der Waals surface area contributed by atoms with Crippen molar-refractivity contribution >= 4 is 28.1 Å². The zero-order chi connectivity index (χ0) is 17.2. The molecule has 0 saturated heterocycles. The first-order valence-corrected chi connectivity index (χ1v) is 8.30. The summed E-state index contributed by atoms with van der Waals surface area (Å²) in [4.78, 5) is 12.2. The van der Waals surface area contributed by atoms with Crippen molar-refractivity contribution in [2.75, 3.05) is 13.4 Å². The van der Waals surface area contributed by atoms with Crippen molar-refractivity contribution in [3.63, 3.8) is 0 Å². The van der Waals surface area contributed by atoms with Gasteiger partial charge in [-0.3, -0.25) is 4.79 Å². The molecule has 0 aromatic heterocycles. The summed E-state index contributed by atoms with van der Waals surface area (Å²) in [6, 6.07) is 10.8. The predicted octanol–water partition coefficient (Wildman–Crippen LogP) is 2.47. The van der Waals surface area contributed by atoms with Crippen molar-refractivity contribution in [2.24, 2.45) is 5.10 Å². The normalized spacial score (nSPS) is 17.6. The molecule has 2 aliphatic rings. The number of amides is 1. The Kier molecular flexibility index (Phi) is 4.19. The lowest BCUT2D eigenvalue weighted by Crippen LogP contribution is -2.42. The van der Waals surface area contributed by atoms with E-state index in [4.69, 9.17) is 18.9 Å². The van der Waals surface area contributed by atoms with Gasteiger partial charge in [0.25, 0.3) is 5.91 Å². The molecule has 0 aliphatic carbocycles. The topological polar surface area (TPSA) is 78.4 Å². The van der Waals surface area contributed by atoms with Crippen LogP contribution < -0.4 is 24.4 Å². The fraction of sp³-hybridized carbons (Fsp3) is 0.176. The SMILES string of the molecule is O=C(NN=Cc1cc2c(cc1Br)OCO2)[C@H]1COc2ccccc2O1. The first kappa shape index (κ1) is 15.8. The molecule has 2 aliphatic heterocycles. The molecule has 0 bridgehead atoms. The van der Waals surface area contributed by atoms with Gasteiger partial charge in [0.1, 0.15) is 6.61 Å². The van der Waals surface area contributed by atoms with Gasteiger partial charge in [-0.25, -0.2) is 5.43 Å². The number of carbonyl (C=O) groups is 1. The van der Waals surface area contributed by atoms with Gasteiger partial charge >= 0.3 is 0 Å². The summed E-state index contributed by atoms with van der Waals surface area (Å²) >= 11 is 3.43. The van der Waals surface area contributed by atoms with E-state index in [1.165, 1.54) is 6.21 Å². The molecule has 25 heavy (non-hydrogen) atoms. The number of hydrogen-bond acceptors (Lipinski definition) is 6. The van der Waals surface area contributed by atoms with E-state index >= 15 is 0 Å². The summed E-state index contributed by atoms with van der Waals surface area (Å²) in [5.41, 5.74) is 3.21. The number of carbonyl (C=O) groups excluding carboxylic acids is 1. The molecule has 8 heteroatoms. The number of hydrogen-bond donors (Lipinski definition) is 1. The number of para-hydroxylation sites is 2. The Hall–Kier alpha value is -2.74. The van der Waals surface area contributed by atoms with Crippen LogP contribution in [0.1, 0.15) is 5.56 Å². The third-order valence-corrected chi connectivity index (χ3v) is 4.36. The maximum Gasteiger partial charge on any atom is 0.284 e. The van der Waals surface area contributed by atoms with Gasteiger partial charge in [0, 0.05) is 10.0 Å². The second-order valence-corrected chi connectivity index (χ2v) is 6.18. The Bertz CT molecular complexity index is 855. The second-order valence-electron chi connectivity index (χ2n) is 5.33. The number of nitrogens with one attached hydrogen (secondary N) is 1. The van der Waals surface area contributed by atoms with Crippen LogP contribution in [-0.4, -0.2) is 31.6 Å². The van der Waals surface area contributed by atoms with Crippen LogP contribution in [0.3, 0.4) is 0 Å². The van der Waals surface area contributed by atoms with Gasteiger partial charge in [0.05, 0.1) is 6.21 Å². The van der Waals surface area contributed by atoms with Crippen LogP contribution in [0.2, 0.25) is 0 Å². The summed E-state index contributed by atoms with van der Waals surface area (Å²) < 4.78 is 22.5. The summed E-state index contributed by atoms with van der Waals surface area (Å²) in [6.45, 7) is 0.325. The maximum absolute atomic E-state index is 12.2. The third-order valence-electron chi connectivity index (χ3n) is 3.67. The maximum atomic E-state index is 12.2. The van der Waals surface area contributed by atoms with Crippen molar-refractivity contribution in [3.05, 3.63) is 46.4 Å². The molecule has 0 spiro atoms. The lowest BCUT2D eigenvalue weighted by Gasteiger charge is -2.24. The molecule has 0 fully saturated rings. The lowest BCUT2D eigenvalue weighted by molar-refractivity contribution is -0.130. The standard InChI is InChI=1S/C17H13BrN2O5/c18-11-6-15-14(23-9-24-15)5-10(11)7-19-20-17(21)16-8-22-12-3-1-2-4-13(12)25-16/h1-7,16H,8-9H2,(H,20,21)/t16-/m1/s1. The van der Waals surface area contributed by atoms with Crippen molar-refractivity contribution in [1.29, 1.82) is 0 Å². The molecule has 128 valence electrons. The molecule has 1 amide bonds. The fourth-order valence-electron chi connectivity index (χ4n) is 2.42. The van der Waals surface area contributed by atoms with Gasteiger partial charge in [-0.05, 0) is 40.2 Å². The zero-order valence-electron chi connectivity index (χ0n) is 12.9. The number of nitrogens with zero attached hydrogens (tertiary/aromatic N) is 1. The molecular formula is C17H13BrN2O5. The molecule has 0 radical (unpaired) electrons. The Morgan fingerprint density at radius 3 is 2.72 bits per heavy atom. The van der Waals surface area contributed by atoms with E-state index < -0.39 is 6.10 Å². The molecule has 0 saturated carbocycles.